The number of nitrogens with one attached hydrogen (secondary N) is 2. The summed E-state index contributed by atoms with van der Waals surface area (Å²) in [5.74, 6) is 0. The Kier molecular flexibility index (Phi) is 3.69. The zero-order valence-electron chi connectivity index (χ0n) is 11.8. The Balaban J connectivity index is 1.84. The monoisotopic (exact) mass is 302 g/mol. The minimum Gasteiger partial charge on any atom is -0.384 e. The third-order valence-corrected chi connectivity index (χ3v) is 5.27. The van der Waals surface area contributed by atoms with Crippen molar-refractivity contribution in [3.8, 4) is 0 Å². The van der Waals surface area contributed by atoms with Gasteiger partial charge in [0.05, 0.1) is 4.90 Å². The van der Waals surface area contributed by atoms with Crippen LogP contribution in [-0.4, -0.2) is 15.0 Å². The number of hydrogen-bond acceptors (Lipinski definition) is 3. The van der Waals surface area contributed by atoms with Gasteiger partial charge in [0.2, 0.25) is 10.0 Å². The number of benzene rings is 2. The fourth-order valence-electron chi connectivity index (χ4n) is 2.55. The van der Waals surface area contributed by atoms with Crippen molar-refractivity contribution in [3.63, 3.8) is 0 Å². The van der Waals surface area contributed by atoms with E-state index in [1.165, 1.54) is 5.56 Å². The third kappa shape index (κ3) is 2.94. The Labute approximate surface area is 125 Å². The molecule has 0 saturated heterocycles. The number of rotatable bonds is 4. The van der Waals surface area contributed by atoms with Crippen LogP contribution < -0.4 is 10.0 Å². The van der Waals surface area contributed by atoms with Crippen molar-refractivity contribution < 1.29 is 8.42 Å². The summed E-state index contributed by atoms with van der Waals surface area (Å²) in [5.41, 5.74) is 3.04. The summed E-state index contributed by atoms with van der Waals surface area (Å²) in [4.78, 5) is 0.304. The maximum atomic E-state index is 12.5. The number of fused-ring (bicyclic) bond motifs is 1. The van der Waals surface area contributed by atoms with Gasteiger partial charge >= 0.3 is 0 Å². The first-order chi connectivity index (χ1) is 10.1. The lowest BCUT2D eigenvalue weighted by Crippen LogP contribution is -2.26. The molecule has 5 heteroatoms. The van der Waals surface area contributed by atoms with Crippen LogP contribution in [0.25, 0.3) is 0 Å². The van der Waals surface area contributed by atoms with E-state index in [9.17, 15) is 8.42 Å². The fourth-order valence-corrected chi connectivity index (χ4v) is 3.81. The van der Waals surface area contributed by atoms with Crippen molar-refractivity contribution in [2.75, 3.05) is 11.9 Å². The molecule has 110 valence electrons. The molecular weight excluding hydrogens is 284 g/mol. The van der Waals surface area contributed by atoms with Crippen molar-refractivity contribution in [2.45, 2.75) is 24.3 Å². The third-order valence-electron chi connectivity index (χ3n) is 3.73. The van der Waals surface area contributed by atoms with Gasteiger partial charge in [-0.05, 0) is 36.6 Å². The van der Waals surface area contributed by atoms with E-state index >= 15 is 0 Å². The summed E-state index contributed by atoms with van der Waals surface area (Å²) in [6.45, 7) is 2.71. The largest absolute Gasteiger partial charge is 0.384 e. The van der Waals surface area contributed by atoms with Crippen molar-refractivity contribution in [3.05, 3.63) is 59.7 Å². The fraction of sp³-hybridized carbons (Fsp3) is 0.250. The highest BCUT2D eigenvalue weighted by Gasteiger charge is 2.20. The normalized spacial score (nSPS) is 15.3. The Morgan fingerprint density at radius 2 is 1.90 bits per heavy atom. The molecule has 1 aliphatic rings. The molecule has 2 aromatic rings. The van der Waals surface area contributed by atoms with Crippen LogP contribution in [0.3, 0.4) is 0 Å². The first-order valence-corrected chi connectivity index (χ1v) is 8.49. The van der Waals surface area contributed by atoms with Crippen LogP contribution in [-0.2, 0) is 16.4 Å². The maximum Gasteiger partial charge on any atom is 0.241 e. The molecule has 1 heterocycles. The van der Waals surface area contributed by atoms with Crippen LogP contribution in [0, 0.1) is 0 Å². The van der Waals surface area contributed by atoms with E-state index in [0.29, 0.717) is 4.90 Å². The molecule has 1 atom stereocenters. The van der Waals surface area contributed by atoms with Crippen LogP contribution in [0.4, 0.5) is 5.69 Å². The highest BCUT2D eigenvalue weighted by molar-refractivity contribution is 7.89. The summed E-state index contributed by atoms with van der Waals surface area (Å²) in [6, 6.07) is 14.5. The van der Waals surface area contributed by atoms with E-state index < -0.39 is 10.0 Å². The molecule has 0 radical (unpaired) electrons. The average Bonchev–Trinajstić information content (AvgIpc) is 2.95. The minimum absolute atomic E-state index is 0.266. The smallest absolute Gasteiger partial charge is 0.241 e. The quantitative estimate of drug-likeness (QED) is 0.913. The van der Waals surface area contributed by atoms with Crippen molar-refractivity contribution in [2.24, 2.45) is 0 Å². The molecule has 0 saturated carbocycles. The predicted octanol–water partition coefficient (Wildman–Crippen LogP) is 2.69. The molecular formula is C16H18N2O2S. The predicted molar refractivity (Wildman–Crippen MR) is 83.8 cm³/mol. The zero-order valence-corrected chi connectivity index (χ0v) is 12.7. The summed E-state index contributed by atoms with van der Waals surface area (Å²) in [7, 11) is -3.52. The second-order valence-corrected chi connectivity index (χ2v) is 6.96. The van der Waals surface area contributed by atoms with Crippen LogP contribution in [0.2, 0.25) is 0 Å². The Morgan fingerprint density at radius 3 is 2.67 bits per heavy atom. The topological polar surface area (TPSA) is 58.2 Å². The van der Waals surface area contributed by atoms with Gasteiger partial charge in [-0.3, -0.25) is 0 Å². The van der Waals surface area contributed by atoms with Crippen LogP contribution >= 0.6 is 0 Å². The number of sulfonamides is 1. The molecule has 0 aliphatic carbocycles. The second kappa shape index (κ2) is 5.50. The van der Waals surface area contributed by atoms with Crippen molar-refractivity contribution in [1.82, 2.24) is 4.72 Å². The van der Waals surface area contributed by atoms with Gasteiger partial charge < -0.3 is 5.32 Å². The summed E-state index contributed by atoms with van der Waals surface area (Å²) >= 11 is 0. The standard InChI is InChI=1S/C16H18N2O2S/c1-12(13-5-3-2-4-6-13)18-21(19,20)15-8-7-14-9-10-17-16(14)11-15/h2-8,11-12,17-18H,9-10H2,1H3. The Morgan fingerprint density at radius 1 is 1.14 bits per heavy atom. The molecule has 0 fully saturated rings. The van der Waals surface area contributed by atoms with Crippen LogP contribution in [0.1, 0.15) is 24.1 Å². The van der Waals surface area contributed by atoms with Gasteiger partial charge in [-0.25, -0.2) is 13.1 Å². The number of hydrogen-bond donors (Lipinski definition) is 2. The summed E-state index contributed by atoms with van der Waals surface area (Å²) in [5, 5.41) is 3.21. The summed E-state index contributed by atoms with van der Waals surface area (Å²) in [6.07, 6.45) is 0.948. The Hall–Kier alpha value is -1.85. The van der Waals surface area contributed by atoms with E-state index in [2.05, 4.69) is 10.0 Å². The van der Waals surface area contributed by atoms with Gasteiger partial charge in [0.15, 0.2) is 0 Å². The number of anilines is 1. The SMILES string of the molecule is CC(NS(=O)(=O)c1ccc2c(c1)NCC2)c1ccccc1. The van der Waals surface area contributed by atoms with E-state index in [1.54, 1.807) is 12.1 Å². The highest BCUT2D eigenvalue weighted by atomic mass is 32.2. The van der Waals surface area contributed by atoms with Gasteiger partial charge in [-0.2, -0.15) is 0 Å². The molecule has 0 amide bonds. The molecule has 1 aliphatic heterocycles. The Bertz CT molecular complexity index is 742. The van der Waals surface area contributed by atoms with Gasteiger partial charge in [0.1, 0.15) is 0 Å². The molecule has 1 unspecified atom stereocenters. The van der Waals surface area contributed by atoms with Crippen LogP contribution in [0.15, 0.2) is 53.4 Å². The maximum absolute atomic E-state index is 12.5. The molecule has 3 rings (SSSR count). The van der Waals surface area contributed by atoms with E-state index in [4.69, 9.17) is 0 Å². The lowest BCUT2D eigenvalue weighted by Gasteiger charge is -2.15. The lowest BCUT2D eigenvalue weighted by atomic mass is 10.1. The van der Waals surface area contributed by atoms with Gasteiger partial charge in [-0.15, -0.1) is 0 Å². The van der Waals surface area contributed by atoms with E-state index in [0.717, 1.165) is 24.2 Å². The summed E-state index contributed by atoms with van der Waals surface area (Å²) < 4.78 is 27.7. The molecule has 0 bridgehead atoms. The van der Waals surface area contributed by atoms with Gasteiger partial charge in [-0.1, -0.05) is 36.4 Å². The lowest BCUT2D eigenvalue weighted by molar-refractivity contribution is 0.567. The van der Waals surface area contributed by atoms with E-state index in [1.807, 2.05) is 43.3 Å². The first-order valence-electron chi connectivity index (χ1n) is 7.00. The molecule has 4 nitrogen and oxygen atoms in total. The van der Waals surface area contributed by atoms with Gasteiger partial charge in [0, 0.05) is 18.3 Å². The molecule has 2 N–H and O–H groups in total. The van der Waals surface area contributed by atoms with E-state index in [-0.39, 0.29) is 6.04 Å². The first kappa shape index (κ1) is 14.1. The second-order valence-electron chi connectivity index (χ2n) is 5.25. The van der Waals surface area contributed by atoms with Crippen molar-refractivity contribution >= 4 is 15.7 Å². The van der Waals surface area contributed by atoms with Crippen LogP contribution in [0.5, 0.6) is 0 Å². The molecule has 2 aromatic carbocycles. The highest BCUT2D eigenvalue weighted by Crippen LogP contribution is 2.26. The molecule has 21 heavy (non-hydrogen) atoms. The molecule has 0 aromatic heterocycles. The molecule has 0 spiro atoms. The van der Waals surface area contributed by atoms with Crippen molar-refractivity contribution in [1.29, 1.82) is 0 Å². The zero-order chi connectivity index (χ0) is 14.9. The van der Waals surface area contributed by atoms with Gasteiger partial charge in [0.25, 0.3) is 0 Å². The minimum atomic E-state index is -3.52. The average molecular weight is 302 g/mol.